The molecule has 3 rings (SSSR count). The van der Waals surface area contributed by atoms with Gasteiger partial charge in [-0.05, 0) is 52.3 Å². The van der Waals surface area contributed by atoms with Gasteiger partial charge in [0.1, 0.15) is 11.6 Å². The normalized spacial score (nSPS) is 10.8. The maximum Gasteiger partial charge on any atom is 0.137 e. The second-order valence-corrected chi connectivity index (χ2v) is 5.53. The number of nitrogens with zero attached hydrogens (tertiary/aromatic N) is 3. The second-order valence-electron chi connectivity index (χ2n) is 4.41. The summed E-state index contributed by atoms with van der Waals surface area (Å²) in [5.74, 6) is 0.513. The van der Waals surface area contributed by atoms with Gasteiger partial charge in [-0.1, -0.05) is 0 Å². The van der Waals surface area contributed by atoms with E-state index in [1.807, 2.05) is 4.57 Å². The van der Waals surface area contributed by atoms with Crippen LogP contribution in [0.15, 0.2) is 40.9 Å². The molecule has 0 aliphatic rings. The fourth-order valence-electron chi connectivity index (χ4n) is 2.20. The molecule has 3 nitrogen and oxygen atoms in total. The van der Waals surface area contributed by atoms with Gasteiger partial charge in [0, 0.05) is 5.69 Å². The first-order valence-electron chi connectivity index (χ1n) is 6.07. The summed E-state index contributed by atoms with van der Waals surface area (Å²) in [6, 6.07) is 12.0. The lowest BCUT2D eigenvalue weighted by molar-refractivity contribution is 0.620. The molecule has 0 aliphatic heterocycles. The summed E-state index contributed by atoms with van der Waals surface area (Å²) >= 11 is 9.14. The number of alkyl halides is 1. The first-order chi connectivity index (χ1) is 10.1. The van der Waals surface area contributed by atoms with E-state index in [0.717, 1.165) is 16.7 Å². The topological polar surface area (TPSA) is 41.6 Å². The van der Waals surface area contributed by atoms with E-state index in [1.54, 1.807) is 30.3 Å². The molecule has 0 amide bonds. The summed E-state index contributed by atoms with van der Waals surface area (Å²) in [4.78, 5) is 4.45. The molecule has 0 atom stereocenters. The number of fused-ring (bicyclic) bond motifs is 1. The van der Waals surface area contributed by atoms with E-state index in [-0.39, 0.29) is 11.7 Å². The van der Waals surface area contributed by atoms with Crippen LogP contribution in [0.1, 0.15) is 11.4 Å². The van der Waals surface area contributed by atoms with E-state index in [0.29, 0.717) is 15.9 Å². The Bertz CT molecular complexity index is 882. The van der Waals surface area contributed by atoms with Gasteiger partial charge < -0.3 is 0 Å². The van der Waals surface area contributed by atoms with Crippen LogP contribution in [0.5, 0.6) is 0 Å². The summed E-state index contributed by atoms with van der Waals surface area (Å²) in [5.41, 5.74) is 2.77. The first-order valence-corrected chi connectivity index (χ1v) is 7.39. The first kappa shape index (κ1) is 14.1. The lowest BCUT2D eigenvalue weighted by Crippen LogP contribution is -2.00. The molecule has 104 valence electrons. The van der Waals surface area contributed by atoms with Crippen molar-refractivity contribution < 1.29 is 4.39 Å². The van der Waals surface area contributed by atoms with E-state index >= 15 is 0 Å². The van der Waals surface area contributed by atoms with E-state index in [2.05, 4.69) is 27.0 Å². The fourth-order valence-corrected chi connectivity index (χ4v) is 2.74. The van der Waals surface area contributed by atoms with Crippen LogP contribution < -0.4 is 0 Å². The molecule has 1 aromatic heterocycles. The van der Waals surface area contributed by atoms with Crippen LogP contribution in [0.2, 0.25) is 0 Å². The Morgan fingerprint density at radius 1 is 1.29 bits per heavy atom. The summed E-state index contributed by atoms with van der Waals surface area (Å²) in [6.45, 7) is 0. The monoisotopic (exact) mass is 363 g/mol. The van der Waals surface area contributed by atoms with Gasteiger partial charge in [-0.3, -0.25) is 4.57 Å². The Kier molecular flexibility index (Phi) is 3.66. The zero-order valence-corrected chi connectivity index (χ0v) is 13.0. The van der Waals surface area contributed by atoms with E-state index in [1.165, 1.54) is 6.07 Å². The maximum absolute atomic E-state index is 13.4. The standard InChI is InChI=1S/C15H8BrClFN3/c16-11-6-10(2-3-12(11)18)21-14-5-9(8-19)1-4-13(14)20-15(21)7-17/h1-6H,7H2. The molecule has 0 spiro atoms. The Labute approximate surface area is 133 Å². The summed E-state index contributed by atoms with van der Waals surface area (Å²) in [5, 5.41) is 9.04. The Morgan fingerprint density at radius 2 is 2.10 bits per heavy atom. The van der Waals surface area contributed by atoms with Crippen molar-refractivity contribution in [1.29, 1.82) is 5.26 Å². The SMILES string of the molecule is N#Cc1ccc2nc(CCl)n(-c3ccc(F)c(Br)c3)c2c1. The molecule has 0 radical (unpaired) electrons. The molecule has 3 aromatic rings. The van der Waals surface area contributed by atoms with Crippen LogP contribution in [0, 0.1) is 17.1 Å². The van der Waals surface area contributed by atoms with Crippen molar-refractivity contribution in [2.45, 2.75) is 5.88 Å². The van der Waals surface area contributed by atoms with Gasteiger partial charge in [-0.2, -0.15) is 5.26 Å². The Balaban J connectivity index is 2.33. The molecule has 2 aromatic carbocycles. The zero-order valence-electron chi connectivity index (χ0n) is 10.6. The molecular formula is C15H8BrClFN3. The number of nitriles is 1. The van der Waals surface area contributed by atoms with Crippen molar-refractivity contribution in [2.75, 3.05) is 0 Å². The van der Waals surface area contributed by atoms with E-state index < -0.39 is 0 Å². The van der Waals surface area contributed by atoms with Crippen molar-refractivity contribution in [3.05, 3.63) is 58.1 Å². The quantitative estimate of drug-likeness (QED) is 0.627. The van der Waals surface area contributed by atoms with Crippen molar-refractivity contribution in [3.8, 4) is 11.8 Å². The summed E-state index contributed by atoms with van der Waals surface area (Å²) in [7, 11) is 0. The van der Waals surface area contributed by atoms with Gasteiger partial charge in [0.15, 0.2) is 0 Å². The molecule has 0 bridgehead atoms. The van der Waals surface area contributed by atoms with Gasteiger partial charge in [-0.15, -0.1) is 11.6 Å². The molecule has 0 N–H and O–H groups in total. The predicted molar refractivity (Wildman–Crippen MR) is 83.0 cm³/mol. The van der Waals surface area contributed by atoms with Gasteiger partial charge in [-0.25, -0.2) is 9.37 Å². The number of rotatable bonds is 2. The highest BCUT2D eigenvalue weighted by Crippen LogP contribution is 2.26. The highest BCUT2D eigenvalue weighted by Gasteiger charge is 2.13. The zero-order chi connectivity index (χ0) is 15.0. The van der Waals surface area contributed by atoms with Crippen LogP contribution in [0.3, 0.4) is 0 Å². The third kappa shape index (κ3) is 2.41. The fraction of sp³-hybridized carbons (Fsp3) is 0.0667. The minimum absolute atomic E-state index is 0.214. The van der Waals surface area contributed by atoms with Crippen LogP contribution in [-0.2, 0) is 5.88 Å². The van der Waals surface area contributed by atoms with Crippen molar-refractivity contribution in [2.24, 2.45) is 0 Å². The third-order valence-corrected chi connectivity index (χ3v) is 3.98. The van der Waals surface area contributed by atoms with Crippen molar-refractivity contribution >= 4 is 38.6 Å². The number of halogens is 3. The highest BCUT2D eigenvalue weighted by molar-refractivity contribution is 9.10. The van der Waals surface area contributed by atoms with Gasteiger partial charge in [0.2, 0.25) is 0 Å². The number of benzene rings is 2. The van der Waals surface area contributed by atoms with E-state index in [9.17, 15) is 4.39 Å². The van der Waals surface area contributed by atoms with Gasteiger partial charge >= 0.3 is 0 Å². The van der Waals surface area contributed by atoms with E-state index in [4.69, 9.17) is 16.9 Å². The maximum atomic E-state index is 13.4. The summed E-state index contributed by atoms with van der Waals surface area (Å²) < 4.78 is 15.6. The lowest BCUT2D eigenvalue weighted by atomic mass is 10.2. The van der Waals surface area contributed by atoms with Crippen LogP contribution in [0.25, 0.3) is 16.7 Å². The molecule has 0 fully saturated rings. The molecule has 21 heavy (non-hydrogen) atoms. The number of aromatic nitrogens is 2. The smallest absolute Gasteiger partial charge is 0.137 e. The van der Waals surface area contributed by atoms with Crippen LogP contribution in [-0.4, -0.2) is 9.55 Å². The highest BCUT2D eigenvalue weighted by atomic mass is 79.9. The minimum atomic E-state index is -0.340. The Hall–Kier alpha value is -1.90. The lowest BCUT2D eigenvalue weighted by Gasteiger charge is -2.08. The number of hydrogen-bond acceptors (Lipinski definition) is 2. The largest absolute Gasteiger partial charge is 0.295 e. The van der Waals surface area contributed by atoms with Gasteiger partial charge in [0.05, 0.1) is 33.0 Å². The predicted octanol–water partition coefficient (Wildman–Crippen LogP) is 4.54. The van der Waals surface area contributed by atoms with Crippen molar-refractivity contribution in [3.63, 3.8) is 0 Å². The number of hydrogen-bond donors (Lipinski definition) is 0. The van der Waals surface area contributed by atoms with Crippen molar-refractivity contribution in [1.82, 2.24) is 9.55 Å². The molecule has 0 saturated carbocycles. The molecular weight excluding hydrogens is 357 g/mol. The van der Waals surface area contributed by atoms with Gasteiger partial charge in [0.25, 0.3) is 0 Å². The third-order valence-electron chi connectivity index (χ3n) is 3.13. The average Bonchev–Trinajstić information content (AvgIpc) is 2.87. The summed E-state index contributed by atoms with van der Waals surface area (Å²) in [6.07, 6.45) is 0. The van der Waals surface area contributed by atoms with Crippen LogP contribution in [0.4, 0.5) is 4.39 Å². The molecule has 0 unspecified atom stereocenters. The Morgan fingerprint density at radius 3 is 2.76 bits per heavy atom. The molecule has 0 saturated heterocycles. The van der Waals surface area contributed by atoms with Crippen LogP contribution >= 0.6 is 27.5 Å². The molecule has 1 heterocycles. The number of imidazole rings is 1. The molecule has 6 heteroatoms. The minimum Gasteiger partial charge on any atom is -0.295 e. The molecule has 0 aliphatic carbocycles. The second kappa shape index (κ2) is 5.47. The average molecular weight is 365 g/mol.